The summed E-state index contributed by atoms with van der Waals surface area (Å²) in [7, 11) is 1.54. The molecule has 6 heteroatoms. The van der Waals surface area contributed by atoms with Crippen molar-refractivity contribution < 1.29 is 9.53 Å². The van der Waals surface area contributed by atoms with E-state index in [4.69, 9.17) is 4.74 Å². The first-order valence-corrected chi connectivity index (χ1v) is 5.97. The molecule has 1 heterocycles. The molecule has 0 radical (unpaired) electrons. The maximum atomic E-state index is 10.9. The average molecular weight is 241 g/mol. The first kappa shape index (κ1) is 12.8. The quantitative estimate of drug-likeness (QED) is 0.630. The fourth-order valence-corrected chi connectivity index (χ4v) is 1.71. The lowest BCUT2D eigenvalue weighted by Crippen LogP contribution is -2.08. The Kier molecular flexibility index (Phi) is 5.04. The first-order chi connectivity index (χ1) is 7.65. The lowest BCUT2D eigenvalue weighted by Gasteiger charge is -2.06. The van der Waals surface area contributed by atoms with Gasteiger partial charge in [-0.25, -0.2) is 4.98 Å². The largest absolute Gasteiger partial charge is 0.481 e. The molecule has 0 saturated carbocycles. The standard InChI is InChI=1S/C10H15N3O2S/c1-4-5-16-10-12-8(11-7(2)14)6-9(13-10)15-3/h6H,4-5H2,1-3H3,(H,11,12,13,14). The van der Waals surface area contributed by atoms with Gasteiger partial charge in [-0.05, 0) is 6.42 Å². The van der Waals surface area contributed by atoms with Crippen LogP contribution >= 0.6 is 11.8 Å². The molecular formula is C10H15N3O2S. The zero-order valence-corrected chi connectivity index (χ0v) is 10.4. The molecule has 1 amide bonds. The molecule has 0 aliphatic heterocycles. The molecule has 0 saturated heterocycles. The van der Waals surface area contributed by atoms with Crippen LogP contribution in [0.2, 0.25) is 0 Å². The summed E-state index contributed by atoms with van der Waals surface area (Å²) in [6.45, 7) is 3.52. The predicted octanol–water partition coefficient (Wildman–Crippen LogP) is 1.95. The van der Waals surface area contributed by atoms with Crippen LogP contribution in [0.25, 0.3) is 0 Å². The fraction of sp³-hybridized carbons (Fsp3) is 0.500. The molecule has 1 rings (SSSR count). The Morgan fingerprint density at radius 1 is 1.56 bits per heavy atom. The highest BCUT2D eigenvalue weighted by Gasteiger charge is 2.06. The van der Waals surface area contributed by atoms with Crippen molar-refractivity contribution in [1.82, 2.24) is 9.97 Å². The van der Waals surface area contributed by atoms with Crippen LogP contribution in [0.3, 0.4) is 0 Å². The van der Waals surface area contributed by atoms with Crippen molar-refractivity contribution in [2.24, 2.45) is 0 Å². The van der Waals surface area contributed by atoms with E-state index < -0.39 is 0 Å². The number of thioether (sulfide) groups is 1. The molecule has 0 spiro atoms. The summed E-state index contributed by atoms with van der Waals surface area (Å²) in [5, 5.41) is 3.23. The number of nitrogens with one attached hydrogen (secondary N) is 1. The number of methoxy groups -OCH3 is 1. The van der Waals surface area contributed by atoms with E-state index in [2.05, 4.69) is 22.2 Å². The Balaban J connectivity index is 2.86. The lowest BCUT2D eigenvalue weighted by atomic mass is 10.5. The second-order valence-electron chi connectivity index (χ2n) is 3.11. The maximum absolute atomic E-state index is 10.9. The highest BCUT2D eigenvalue weighted by Crippen LogP contribution is 2.20. The average Bonchev–Trinajstić information content (AvgIpc) is 2.25. The van der Waals surface area contributed by atoms with E-state index in [1.807, 2.05) is 0 Å². The van der Waals surface area contributed by atoms with Crippen LogP contribution in [0.1, 0.15) is 20.3 Å². The molecule has 0 bridgehead atoms. The molecule has 0 aliphatic rings. The smallest absolute Gasteiger partial charge is 0.222 e. The van der Waals surface area contributed by atoms with Gasteiger partial charge in [0.2, 0.25) is 11.8 Å². The fourth-order valence-electron chi connectivity index (χ4n) is 1.01. The summed E-state index contributed by atoms with van der Waals surface area (Å²) in [5.41, 5.74) is 0. The zero-order valence-electron chi connectivity index (χ0n) is 9.61. The number of ether oxygens (including phenoxy) is 1. The zero-order chi connectivity index (χ0) is 12.0. The predicted molar refractivity (Wildman–Crippen MR) is 63.9 cm³/mol. The minimum atomic E-state index is -0.160. The van der Waals surface area contributed by atoms with Gasteiger partial charge >= 0.3 is 0 Å². The summed E-state index contributed by atoms with van der Waals surface area (Å²) in [4.78, 5) is 19.3. The van der Waals surface area contributed by atoms with E-state index in [1.165, 1.54) is 25.8 Å². The van der Waals surface area contributed by atoms with E-state index in [-0.39, 0.29) is 5.91 Å². The van der Waals surface area contributed by atoms with Crippen molar-refractivity contribution in [2.75, 3.05) is 18.2 Å². The molecular weight excluding hydrogens is 226 g/mol. The number of rotatable bonds is 5. The van der Waals surface area contributed by atoms with Crippen molar-refractivity contribution in [3.05, 3.63) is 6.07 Å². The molecule has 1 N–H and O–H groups in total. The number of nitrogens with zero attached hydrogens (tertiary/aromatic N) is 2. The van der Waals surface area contributed by atoms with Crippen molar-refractivity contribution in [1.29, 1.82) is 0 Å². The van der Waals surface area contributed by atoms with Gasteiger partial charge in [0.25, 0.3) is 0 Å². The van der Waals surface area contributed by atoms with E-state index in [0.717, 1.165) is 12.2 Å². The third kappa shape index (κ3) is 4.06. The maximum Gasteiger partial charge on any atom is 0.222 e. The number of aromatic nitrogens is 2. The van der Waals surface area contributed by atoms with Gasteiger partial charge in [0.15, 0.2) is 5.16 Å². The van der Waals surface area contributed by atoms with Crippen molar-refractivity contribution >= 4 is 23.5 Å². The number of carbonyl (C=O) groups excluding carboxylic acids is 1. The minimum absolute atomic E-state index is 0.160. The SMILES string of the molecule is CCCSc1nc(NC(C)=O)cc(OC)n1. The van der Waals surface area contributed by atoms with Crippen LogP contribution in [0, 0.1) is 0 Å². The first-order valence-electron chi connectivity index (χ1n) is 4.99. The number of amides is 1. The number of anilines is 1. The van der Waals surface area contributed by atoms with Crippen LogP contribution in [-0.2, 0) is 4.79 Å². The van der Waals surface area contributed by atoms with Crippen LogP contribution in [0.4, 0.5) is 5.82 Å². The normalized spacial score (nSPS) is 9.94. The molecule has 0 unspecified atom stereocenters. The van der Waals surface area contributed by atoms with Gasteiger partial charge < -0.3 is 10.1 Å². The third-order valence-electron chi connectivity index (χ3n) is 1.63. The molecule has 88 valence electrons. The summed E-state index contributed by atoms with van der Waals surface area (Å²) in [6.07, 6.45) is 1.04. The Hall–Kier alpha value is -1.30. The van der Waals surface area contributed by atoms with E-state index in [0.29, 0.717) is 16.9 Å². The minimum Gasteiger partial charge on any atom is -0.481 e. The molecule has 0 aliphatic carbocycles. The number of carbonyl (C=O) groups is 1. The highest BCUT2D eigenvalue weighted by atomic mass is 32.2. The van der Waals surface area contributed by atoms with Crippen molar-refractivity contribution in [3.8, 4) is 5.88 Å². The van der Waals surface area contributed by atoms with Gasteiger partial charge in [-0.15, -0.1) is 0 Å². The number of hydrogen-bond donors (Lipinski definition) is 1. The van der Waals surface area contributed by atoms with Crippen LogP contribution in [0.15, 0.2) is 11.2 Å². The van der Waals surface area contributed by atoms with Gasteiger partial charge in [0.1, 0.15) is 5.82 Å². The van der Waals surface area contributed by atoms with E-state index in [1.54, 1.807) is 6.07 Å². The van der Waals surface area contributed by atoms with Crippen LogP contribution in [-0.4, -0.2) is 28.7 Å². The van der Waals surface area contributed by atoms with Gasteiger partial charge in [0, 0.05) is 18.7 Å². The molecule has 0 fully saturated rings. The topological polar surface area (TPSA) is 64.1 Å². The van der Waals surface area contributed by atoms with Gasteiger partial charge in [-0.1, -0.05) is 18.7 Å². The van der Waals surface area contributed by atoms with E-state index >= 15 is 0 Å². The Morgan fingerprint density at radius 3 is 2.88 bits per heavy atom. The summed E-state index contributed by atoms with van der Waals surface area (Å²) in [5.74, 6) is 1.70. The van der Waals surface area contributed by atoms with Crippen LogP contribution < -0.4 is 10.1 Å². The molecule has 1 aromatic heterocycles. The van der Waals surface area contributed by atoms with Gasteiger partial charge in [-0.2, -0.15) is 4.98 Å². The Morgan fingerprint density at radius 2 is 2.31 bits per heavy atom. The lowest BCUT2D eigenvalue weighted by molar-refractivity contribution is -0.114. The van der Waals surface area contributed by atoms with E-state index in [9.17, 15) is 4.79 Å². The van der Waals surface area contributed by atoms with Crippen molar-refractivity contribution in [3.63, 3.8) is 0 Å². The second-order valence-corrected chi connectivity index (χ2v) is 4.17. The Labute approximate surface area is 99.0 Å². The highest BCUT2D eigenvalue weighted by molar-refractivity contribution is 7.99. The third-order valence-corrected chi connectivity index (χ3v) is 2.68. The van der Waals surface area contributed by atoms with Crippen LogP contribution in [0.5, 0.6) is 5.88 Å². The molecule has 5 nitrogen and oxygen atoms in total. The molecule has 16 heavy (non-hydrogen) atoms. The molecule has 0 atom stereocenters. The summed E-state index contributed by atoms with van der Waals surface area (Å²) in [6, 6.07) is 1.59. The summed E-state index contributed by atoms with van der Waals surface area (Å²) >= 11 is 1.54. The number of hydrogen-bond acceptors (Lipinski definition) is 5. The summed E-state index contributed by atoms with van der Waals surface area (Å²) < 4.78 is 5.04. The molecule has 0 aromatic carbocycles. The van der Waals surface area contributed by atoms with Gasteiger partial charge in [-0.3, -0.25) is 4.79 Å². The van der Waals surface area contributed by atoms with Crippen molar-refractivity contribution in [2.45, 2.75) is 25.4 Å². The monoisotopic (exact) mass is 241 g/mol. The molecule has 1 aromatic rings. The second kappa shape index (κ2) is 6.32. The van der Waals surface area contributed by atoms with Gasteiger partial charge in [0.05, 0.1) is 7.11 Å². The Bertz CT molecular complexity index is 371.